The Hall–Kier alpha value is -2.42. The molecule has 3 aromatic rings. The van der Waals surface area contributed by atoms with Crippen LogP contribution in [0.25, 0.3) is 10.9 Å². The number of aromatic amines is 1. The van der Waals surface area contributed by atoms with E-state index in [1.54, 1.807) is 0 Å². The molecule has 0 spiro atoms. The lowest BCUT2D eigenvalue weighted by Gasteiger charge is -2.06. The molecule has 0 radical (unpaired) electrons. The molecule has 4 N–H and O–H groups in total. The molecule has 0 aliphatic rings. The minimum absolute atomic E-state index is 0.722. The number of nitrogen functional groups attached to an aromatic ring is 1. The third-order valence-corrected chi connectivity index (χ3v) is 3.05. The van der Waals surface area contributed by atoms with Crippen LogP contribution in [0.3, 0.4) is 0 Å². The van der Waals surface area contributed by atoms with Gasteiger partial charge in [0.05, 0.1) is 0 Å². The Balaban J connectivity index is 1.79. The van der Waals surface area contributed by atoms with Gasteiger partial charge in [-0.05, 0) is 23.8 Å². The lowest BCUT2D eigenvalue weighted by atomic mass is 10.2. The van der Waals surface area contributed by atoms with Crippen LogP contribution in [0.5, 0.6) is 0 Å². The van der Waals surface area contributed by atoms with E-state index in [-0.39, 0.29) is 0 Å². The van der Waals surface area contributed by atoms with Gasteiger partial charge < -0.3 is 16.0 Å². The van der Waals surface area contributed by atoms with Crippen molar-refractivity contribution in [3.05, 3.63) is 60.2 Å². The summed E-state index contributed by atoms with van der Waals surface area (Å²) in [6, 6.07) is 18.2. The van der Waals surface area contributed by atoms with Crippen LogP contribution in [0, 0.1) is 0 Å². The summed E-state index contributed by atoms with van der Waals surface area (Å²) in [6.45, 7) is 0.722. The van der Waals surface area contributed by atoms with Gasteiger partial charge in [-0.2, -0.15) is 0 Å². The van der Waals surface area contributed by atoms with E-state index in [4.69, 9.17) is 5.73 Å². The maximum atomic E-state index is 5.91. The minimum atomic E-state index is 0.722. The van der Waals surface area contributed by atoms with E-state index in [0.29, 0.717) is 0 Å². The molecular weight excluding hydrogens is 222 g/mol. The Morgan fingerprint density at radius 2 is 1.78 bits per heavy atom. The Morgan fingerprint density at radius 1 is 1.00 bits per heavy atom. The van der Waals surface area contributed by atoms with E-state index in [0.717, 1.165) is 29.1 Å². The Morgan fingerprint density at radius 3 is 2.61 bits per heavy atom. The summed E-state index contributed by atoms with van der Waals surface area (Å²) in [6.07, 6.45) is 0. The molecule has 3 nitrogen and oxygen atoms in total. The average molecular weight is 237 g/mol. The third kappa shape index (κ3) is 2.02. The first-order valence-corrected chi connectivity index (χ1v) is 5.98. The topological polar surface area (TPSA) is 53.8 Å². The predicted octanol–water partition coefficient (Wildman–Crippen LogP) is 3.36. The second-order valence-corrected chi connectivity index (χ2v) is 4.32. The number of aromatic nitrogens is 1. The smallest absolute Gasteiger partial charge is 0.104 e. The fourth-order valence-electron chi connectivity index (χ4n) is 2.05. The number of benzene rings is 2. The molecular formula is C15H15N3. The van der Waals surface area contributed by atoms with Crippen LogP contribution in [0.4, 0.5) is 11.5 Å². The molecule has 1 aromatic heterocycles. The molecule has 18 heavy (non-hydrogen) atoms. The maximum absolute atomic E-state index is 5.91. The number of para-hydroxylation sites is 2. The van der Waals surface area contributed by atoms with Crippen LogP contribution in [0.1, 0.15) is 5.56 Å². The number of H-pyrrole nitrogens is 1. The molecule has 0 bridgehead atoms. The molecule has 0 amide bonds. The lowest BCUT2D eigenvalue weighted by molar-refractivity contribution is 1.13. The molecule has 3 heteroatoms. The van der Waals surface area contributed by atoms with E-state index in [2.05, 4.69) is 28.5 Å². The minimum Gasteiger partial charge on any atom is -0.398 e. The van der Waals surface area contributed by atoms with E-state index < -0.39 is 0 Å². The van der Waals surface area contributed by atoms with Gasteiger partial charge in [-0.25, -0.2) is 0 Å². The Labute approximate surface area is 106 Å². The normalized spacial score (nSPS) is 10.7. The molecule has 0 atom stereocenters. The van der Waals surface area contributed by atoms with Gasteiger partial charge in [-0.1, -0.05) is 36.4 Å². The van der Waals surface area contributed by atoms with Gasteiger partial charge in [-0.3, -0.25) is 0 Å². The van der Waals surface area contributed by atoms with Gasteiger partial charge in [0, 0.05) is 23.1 Å². The largest absolute Gasteiger partial charge is 0.398 e. The summed E-state index contributed by atoms with van der Waals surface area (Å²) in [5.74, 6) is 1.01. The fourth-order valence-corrected chi connectivity index (χ4v) is 2.05. The highest BCUT2D eigenvalue weighted by Crippen LogP contribution is 2.19. The van der Waals surface area contributed by atoms with Gasteiger partial charge in [0.15, 0.2) is 0 Å². The van der Waals surface area contributed by atoms with Crippen LogP contribution in [0.2, 0.25) is 0 Å². The number of nitrogens with two attached hydrogens (primary N) is 1. The summed E-state index contributed by atoms with van der Waals surface area (Å²) in [5, 5.41) is 4.56. The van der Waals surface area contributed by atoms with Crippen LogP contribution in [-0.4, -0.2) is 4.98 Å². The first-order valence-electron chi connectivity index (χ1n) is 5.98. The van der Waals surface area contributed by atoms with Crippen LogP contribution >= 0.6 is 0 Å². The molecule has 0 unspecified atom stereocenters. The number of nitrogens with one attached hydrogen (secondary N) is 2. The zero-order valence-corrected chi connectivity index (χ0v) is 9.98. The quantitative estimate of drug-likeness (QED) is 0.612. The summed E-state index contributed by atoms with van der Waals surface area (Å²) < 4.78 is 0. The standard InChI is InChI=1S/C15H15N3/c16-13-7-3-1-6-12(13)10-17-15-9-11-5-2-4-8-14(11)18-15/h1-9,17-18H,10,16H2. The number of anilines is 2. The van der Waals surface area contributed by atoms with Gasteiger partial charge in [0.25, 0.3) is 0 Å². The molecule has 90 valence electrons. The molecule has 0 saturated carbocycles. The van der Waals surface area contributed by atoms with Crippen molar-refractivity contribution in [1.82, 2.24) is 4.98 Å². The van der Waals surface area contributed by atoms with Crippen molar-refractivity contribution in [2.45, 2.75) is 6.54 Å². The molecule has 0 aliphatic heterocycles. The lowest BCUT2D eigenvalue weighted by Crippen LogP contribution is -2.02. The highest BCUT2D eigenvalue weighted by Gasteiger charge is 2.01. The molecule has 0 fully saturated rings. The number of hydrogen-bond donors (Lipinski definition) is 3. The van der Waals surface area contributed by atoms with Crippen molar-refractivity contribution in [3.8, 4) is 0 Å². The Kier molecular flexibility index (Phi) is 2.65. The fraction of sp³-hybridized carbons (Fsp3) is 0.0667. The van der Waals surface area contributed by atoms with Gasteiger partial charge in [0.2, 0.25) is 0 Å². The summed E-state index contributed by atoms with van der Waals surface area (Å²) in [4.78, 5) is 3.33. The molecule has 0 aliphatic carbocycles. The monoisotopic (exact) mass is 237 g/mol. The predicted molar refractivity (Wildman–Crippen MR) is 76.5 cm³/mol. The molecule has 3 rings (SSSR count). The zero-order valence-electron chi connectivity index (χ0n) is 9.98. The number of hydrogen-bond acceptors (Lipinski definition) is 2. The molecule has 2 aromatic carbocycles. The van der Waals surface area contributed by atoms with E-state index in [1.165, 1.54) is 5.39 Å². The Bertz CT molecular complexity index is 637. The summed E-state index contributed by atoms with van der Waals surface area (Å²) in [7, 11) is 0. The first kappa shape index (κ1) is 10.7. The van der Waals surface area contributed by atoms with Gasteiger partial charge >= 0.3 is 0 Å². The van der Waals surface area contributed by atoms with Crippen molar-refractivity contribution in [1.29, 1.82) is 0 Å². The maximum Gasteiger partial charge on any atom is 0.104 e. The van der Waals surface area contributed by atoms with Gasteiger partial charge in [-0.15, -0.1) is 0 Å². The summed E-state index contributed by atoms with van der Waals surface area (Å²) >= 11 is 0. The third-order valence-electron chi connectivity index (χ3n) is 3.05. The van der Waals surface area contributed by atoms with Crippen molar-refractivity contribution < 1.29 is 0 Å². The zero-order chi connectivity index (χ0) is 12.4. The van der Waals surface area contributed by atoms with E-state index in [9.17, 15) is 0 Å². The molecule has 1 heterocycles. The number of rotatable bonds is 3. The van der Waals surface area contributed by atoms with E-state index in [1.807, 2.05) is 36.4 Å². The second-order valence-electron chi connectivity index (χ2n) is 4.32. The van der Waals surface area contributed by atoms with E-state index >= 15 is 0 Å². The van der Waals surface area contributed by atoms with Crippen molar-refractivity contribution >= 4 is 22.4 Å². The highest BCUT2D eigenvalue weighted by atomic mass is 15.0. The van der Waals surface area contributed by atoms with Crippen LogP contribution < -0.4 is 11.1 Å². The molecule has 0 saturated heterocycles. The van der Waals surface area contributed by atoms with Crippen molar-refractivity contribution in [2.24, 2.45) is 0 Å². The van der Waals surface area contributed by atoms with Crippen molar-refractivity contribution in [2.75, 3.05) is 11.1 Å². The second kappa shape index (κ2) is 4.45. The van der Waals surface area contributed by atoms with Crippen molar-refractivity contribution in [3.63, 3.8) is 0 Å². The first-order chi connectivity index (χ1) is 8.83. The van der Waals surface area contributed by atoms with Crippen LogP contribution in [0.15, 0.2) is 54.6 Å². The number of fused-ring (bicyclic) bond motifs is 1. The average Bonchev–Trinajstić information content (AvgIpc) is 2.80. The highest BCUT2D eigenvalue weighted by molar-refractivity contribution is 5.83. The van der Waals surface area contributed by atoms with Crippen LogP contribution in [-0.2, 0) is 6.54 Å². The van der Waals surface area contributed by atoms with Gasteiger partial charge in [0.1, 0.15) is 5.82 Å². The SMILES string of the molecule is Nc1ccccc1CNc1cc2ccccc2[nH]1. The summed E-state index contributed by atoms with van der Waals surface area (Å²) in [5.41, 5.74) is 8.98.